The molecule has 0 bridgehead atoms. The number of nitrogens with zero attached hydrogens (tertiary/aromatic N) is 5. The van der Waals surface area contributed by atoms with Crippen LogP contribution in [0.1, 0.15) is 31.2 Å². The van der Waals surface area contributed by atoms with Crippen LogP contribution >= 0.6 is 0 Å². The fourth-order valence-electron chi connectivity index (χ4n) is 4.90. The molecule has 0 aliphatic carbocycles. The van der Waals surface area contributed by atoms with Crippen molar-refractivity contribution in [1.29, 1.82) is 0 Å². The molecule has 0 radical (unpaired) electrons. The maximum absolute atomic E-state index is 11.3. The molecule has 0 saturated carbocycles. The number of carboxylic acid groups (broad SMARTS) is 1. The number of H-pyrrole nitrogens is 1. The summed E-state index contributed by atoms with van der Waals surface area (Å²) in [4.78, 5) is 32.4. The van der Waals surface area contributed by atoms with Gasteiger partial charge < -0.3 is 15.4 Å². The van der Waals surface area contributed by atoms with E-state index in [1.54, 1.807) is 6.20 Å². The average Bonchev–Trinajstić information content (AvgIpc) is 3.37. The molecule has 29 heavy (non-hydrogen) atoms. The molecule has 2 aliphatic rings. The molecule has 2 saturated heterocycles. The Bertz CT molecular complexity index is 811. The van der Waals surface area contributed by atoms with Crippen LogP contribution in [0.2, 0.25) is 0 Å². The molecule has 4 heterocycles. The highest BCUT2D eigenvalue weighted by Crippen LogP contribution is 2.46. The minimum atomic E-state index is -0.714. The van der Waals surface area contributed by atoms with Gasteiger partial charge in [0.1, 0.15) is 5.82 Å². The van der Waals surface area contributed by atoms with Gasteiger partial charge in [-0.2, -0.15) is 0 Å². The monoisotopic (exact) mass is 399 g/mol. The summed E-state index contributed by atoms with van der Waals surface area (Å²) in [7, 11) is 0. The molecule has 0 aromatic carbocycles. The number of aliphatic carboxylic acids is 1. The molecule has 2 unspecified atom stereocenters. The number of anilines is 1. The van der Waals surface area contributed by atoms with E-state index >= 15 is 0 Å². The van der Waals surface area contributed by atoms with Crippen molar-refractivity contribution in [2.75, 3.05) is 38.0 Å². The molecule has 2 aliphatic heterocycles. The van der Waals surface area contributed by atoms with Crippen LogP contribution in [0.15, 0.2) is 24.8 Å². The number of rotatable bonds is 9. The lowest BCUT2D eigenvalue weighted by Crippen LogP contribution is -2.34. The first-order chi connectivity index (χ1) is 14.1. The van der Waals surface area contributed by atoms with Crippen LogP contribution in [-0.4, -0.2) is 73.5 Å². The van der Waals surface area contributed by atoms with Gasteiger partial charge in [0, 0.05) is 81.5 Å². The van der Waals surface area contributed by atoms with Crippen LogP contribution in [0.25, 0.3) is 0 Å². The number of carboxylic acids is 1. The first-order valence-corrected chi connectivity index (χ1v) is 10.3. The molecule has 2 aromatic rings. The maximum Gasteiger partial charge on any atom is 0.303 e. The fraction of sp³-hybridized carbons (Fsp3) is 0.600. The average molecular weight is 399 g/mol. The summed E-state index contributed by atoms with van der Waals surface area (Å²) < 4.78 is 0. The van der Waals surface area contributed by atoms with E-state index < -0.39 is 5.97 Å². The smallest absolute Gasteiger partial charge is 0.303 e. The highest BCUT2D eigenvalue weighted by Gasteiger charge is 2.51. The summed E-state index contributed by atoms with van der Waals surface area (Å²) in [6.07, 6.45) is 8.32. The number of aromatic nitrogens is 4. The quantitative estimate of drug-likeness (QED) is 0.581. The van der Waals surface area contributed by atoms with E-state index in [-0.39, 0.29) is 11.8 Å². The van der Waals surface area contributed by atoms with Crippen molar-refractivity contribution in [3.8, 4) is 0 Å². The number of fused-ring (bicyclic) bond motifs is 1. The van der Waals surface area contributed by atoms with Crippen molar-refractivity contribution >= 4 is 11.9 Å². The molecular formula is C20H29N7O2. The van der Waals surface area contributed by atoms with Crippen molar-refractivity contribution in [3.05, 3.63) is 36.2 Å². The van der Waals surface area contributed by atoms with E-state index in [1.807, 2.05) is 25.5 Å². The topological polar surface area (TPSA) is 110 Å². The van der Waals surface area contributed by atoms with E-state index in [1.165, 1.54) is 0 Å². The molecule has 2 fully saturated rings. The summed E-state index contributed by atoms with van der Waals surface area (Å²) in [5.74, 6) is 1.38. The Hall–Kier alpha value is -2.52. The Balaban J connectivity index is 1.41. The minimum Gasteiger partial charge on any atom is -0.481 e. The lowest BCUT2D eigenvalue weighted by Gasteiger charge is -2.29. The zero-order chi connectivity index (χ0) is 20.3. The van der Waals surface area contributed by atoms with Gasteiger partial charge in [-0.15, -0.1) is 0 Å². The summed E-state index contributed by atoms with van der Waals surface area (Å²) in [6, 6.07) is 0. The van der Waals surface area contributed by atoms with Gasteiger partial charge in [-0.05, 0) is 19.3 Å². The lowest BCUT2D eigenvalue weighted by atomic mass is 9.77. The molecular weight excluding hydrogens is 370 g/mol. The van der Waals surface area contributed by atoms with Crippen molar-refractivity contribution in [2.24, 2.45) is 11.3 Å². The van der Waals surface area contributed by atoms with E-state index in [2.05, 4.69) is 35.1 Å². The SMILES string of the molecule is CCNc1ncc(CN2CC3CN(Cc4ncc[nH]4)CC3(CCC(=O)O)C2)cn1. The second-order valence-electron chi connectivity index (χ2n) is 8.27. The van der Waals surface area contributed by atoms with Crippen LogP contribution in [0.4, 0.5) is 5.95 Å². The van der Waals surface area contributed by atoms with Gasteiger partial charge in [0.25, 0.3) is 0 Å². The summed E-state index contributed by atoms with van der Waals surface area (Å²) in [6.45, 7) is 8.19. The predicted molar refractivity (Wildman–Crippen MR) is 108 cm³/mol. The maximum atomic E-state index is 11.3. The number of nitrogens with one attached hydrogen (secondary N) is 2. The van der Waals surface area contributed by atoms with Crippen molar-refractivity contribution in [1.82, 2.24) is 29.7 Å². The molecule has 4 rings (SSSR count). The highest BCUT2D eigenvalue weighted by molar-refractivity contribution is 5.66. The summed E-state index contributed by atoms with van der Waals surface area (Å²) in [5, 5.41) is 12.4. The largest absolute Gasteiger partial charge is 0.481 e. The van der Waals surface area contributed by atoms with Crippen LogP contribution in [0.5, 0.6) is 0 Å². The molecule has 9 nitrogen and oxygen atoms in total. The number of likely N-dealkylation sites (tertiary alicyclic amines) is 2. The third kappa shape index (κ3) is 4.56. The highest BCUT2D eigenvalue weighted by atomic mass is 16.4. The van der Waals surface area contributed by atoms with Crippen LogP contribution < -0.4 is 5.32 Å². The van der Waals surface area contributed by atoms with Crippen molar-refractivity contribution in [3.63, 3.8) is 0 Å². The summed E-state index contributed by atoms with van der Waals surface area (Å²) in [5.41, 5.74) is 1.11. The number of hydrogen-bond donors (Lipinski definition) is 3. The van der Waals surface area contributed by atoms with Crippen molar-refractivity contribution in [2.45, 2.75) is 32.9 Å². The molecule has 0 spiro atoms. The van der Waals surface area contributed by atoms with Gasteiger partial charge >= 0.3 is 5.97 Å². The van der Waals surface area contributed by atoms with Gasteiger partial charge in [-0.1, -0.05) is 0 Å². The normalized spacial score (nSPS) is 24.7. The van der Waals surface area contributed by atoms with Crippen LogP contribution in [-0.2, 0) is 17.9 Å². The Labute approximate surface area is 170 Å². The fourth-order valence-corrected chi connectivity index (χ4v) is 4.90. The van der Waals surface area contributed by atoms with E-state index in [0.717, 1.165) is 57.2 Å². The number of imidazole rings is 1. The zero-order valence-electron chi connectivity index (χ0n) is 16.8. The standard InChI is InChI=1S/C20H29N7O2/c1-2-21-19-24-7-15(8-25-19)9-26-10-16-11-27(12-17-22-5-6-23-17)14-20(16,13-26)4-3-18(28)29/h5-8,16H,2-4,9-14H2,1H3,(H,22,23)(H,28,29)(H,21,24,25). The Morgan fingerprint density at radius 2 is 1.97 bits per heavy atom. The molecule has 3 N–H and O–H groups in total. The molecule has 2 atom stereocenters. The zero-order valence-corrected chi connectivity index (χ0v) is 16.8. The first-order valence-electron chi connectivity index (χ1n) is 10.3. The van der Waals surface area contributed by atoms with Gasteiger partial charge in [0.2, 0.25) is 5.95 Å². The Morgan fingerprint density at radius 3 is 2.59 bits per heavy atom. The van der Waals surface area contributed by atoms with E-state index in [0.29, 0.717) is 18.3 Å². The first kappa shape index (κ1) is 19.8. The van der Waals surface area contributed by atoms with E-state index in [9.17, 15) is 9.90 Å². The van der Waals surface area contributed by atoms with Crippen molar-refractivity contribution < 1.29 is 9.90 Å². The van der Waals surface area contributed by atoms with Gasteiger partial charge in [0.15, 0.2) is 0 Å². The second kappa shape index (κ2) is 8.46. The third-order valence-electron chi connectivity index (χ3n) is 6.11. The predicted octanol–water partition coefficient (Wildman–Crippen LogP) is 1.43. The Kier molecular flexibility index (Phi) is 5.77. The molecule has 0 amide bonds. The lowest BCUT2D eigenvalue weighted by molar-refractivity contribution is -0.137. The van der Waals surface area contributed by atoms with Gasteiger partial charge in [-0.3, -0.25) is 14.6 Å². The van der Waals surface area contributed by atoms with Gasteiger partial charge in [0.05, 0.1) is 6.54 Å². The van der Waals surface area contributed by atoms with Crippen LogP contribution in [0, 0.1) is 11.3 Å². The molecule has 2 aromatic heterocycles. The van der Waals surface area contributed by atoms with E-state index in [4.69, 9.17) is 0 Å². The molecule has 156 valence electrons. The number of carbonyl (C=O) groups is 1. The number of aromatic amines is 1. The summed E-state index contributed by atoms with van der Waals surface area (Å²) >= 11 is 0. The second-order valence-corrected chi connectivity index (χ2v) is 8.27. The Morgan fingerprint density at radius 1 is 1.24 bits per heavy atom. The van der Waals surface area contributed by atoms with Crippen LogP contribution in [0.3, 0.4) is 0 Å². The third-order valence-corrected chi connectivity index (χ3v) is 6.11. The van der Waals surface area contributed by atoms with Gasteiger partial charge in [-0.25, -0.2) is 15.0 Å². The number of hydrogen-bond acceptors (Lipinski definition) is 7. The molecule has 9 heteroatoms. The minimum absolute atomic E-state index is 0.0234.